The number of rotatable bonds is 3. The van der Waals surface area contributed by atoms with Crippen molar-refractivity contribution in [2.75, 3.05) is 6.26 Å². The Labute approximate surface area is 123 Å². The second-order valence-electron chi connectivity index (χ2n) is 1.65. The minimum atomic E-state index is -1.58. The van der Waals surface area contributed by atoms with Gasteiger partial charge in [-0.15, -0.1) is 11.8 Å². The van der Waals surface area contributed by atoms with Gasteiger partial charge in [0, 0.05) is 0 Å². The first-order valence-corrected chi connectivity index (χ1v) is 3.80. The molecule has 0 amide bonds. The monoisotopic (exact) mass is 468 g/mol. The van der Waals surface area contributed by atoms with Crippen molar-refractivity contribution in [3.05, 3.63) is 0 Å². The number of halogens is 2. The molecule has 1 atom stereocenters. The molecule has 70 valence electrons. The van der Waals surface area contributed by atoms with Gasteiger partial charge in [0.05, 0.1) is 0 Å². The van der Waals surface area contributed by atoms with Crippen LogP contribution in [-0.2, 0) is 24.3 Å². The van der Waals surface area contributed by atoms with Crippen molar-refractivity contribution < 1.29 is 82.4 Å². The Morgan fingerprint density at radius 2 is 1.83 bits per heavy atom. The van der Waals surface area contributed by atoms with E-state index in [1.54, 1.807) is 13.2 Å². The average molecular weight is 469 g/mol. The Kier molecular flexibility index (Phi) is 21.5. The molecule has 0 saturated heterocycles. The van der Waals surface area contributed by atoms with E-state index in [0.717, 1.165) is 11.8 Å². The fraction of sp³-hybridized carbons (Fsp3) is 0.800. The quantitative estimate of drug-likeness (QED) is 0.246. The molecule has 3 nitrogen and oxygen atoms in total. The molecule has 0 fully saturated rings. The van der Waals surface area contributed by atoms with Gasteiger partial charge in [-0.3, -0.25) is 0 Å². The molecular weight excluding hydrogens is 459 g/mol. The fourth-order valence-corrected chi connectivity index (χ4v) is 0.846. The molecule has 7 heteroatoms. The molecule has 0 spiro atoms. The van der Waals surface area contributed by atoms with E-state index < -0.39 is 10.9 Å². The van der Waals surface area contributed by atoms with Gasteiger partial charge in [-0.25, -0.2) is 4.79 Å². The summed E-state index contributed by atoms with van der Waals surface area (Å²) in [5.41, 5.74) is 0. The van der Waals surface area contributed by atoms with Crippen molar-refractivity contribution in [1.29, 1.82) is 0 Å². The molecule has 0 bridgehead atoms. The topological polar surface area (TPSA) is 57.5 Å². The molecule has 0 aromatic heterocycles. The molecule has 0 aliphatic carbocycles. The fourth-order valence-electron chi connectivity index (χ4n) is 0.383. The first kappa shape index (κ1) is 23.6. The van der Waals surface area contributed by atoms with Crippen LogP contribution in [0.1, 0.15) is 13.3 Å². The normalized spacial score (nSPS) is 12.6. The minimum absolute atomic E-state index is 0. The van der Waals surface area contributed by atoms with Crippen molar-refractivity contribution >= 4 is 17.7 Å². The second kappa shape index (κ2) is 10.9. The molecule has 12 heavy (non-hydrogen) atoms. The van der Waals surface area contributed by atoms with Crippen LogP contribution in [0.2, 0.25) is 0 Å². The van der Waals surface area contributed by atoms with E-state index in [-0.39, 0.29) is 73.9 Å². The SMILES string of the molecule is CCC(O)(SC)C(=O)O.[I-].[I-].[Zn+2]. The summed E-state index contributed by atoms with van der Waals surface area (Å²) in [5, 5.41) is 17.4. The third kappa shape index (κ3) is 7.28. The maximum Gasteiger partial charge on any atom is 2.00 e. The average Bonchev–Trinajstić information content (AvgIpc) is 1.86. The number of aliphatic carboxylic acids is 1. The summed E-state index contributed by atoms with van der Waals surface area (Å²) in [5.74, 6) is -1.17. The van der Waals surface area contributed by atoms with Crippen LogP contribution in [-0.4, -0.2) is 27.4 Å². The number of thioether (sulfide) groups is 1. The summed E-state index contributed by atoms with van der Waals surface area (Å²) in [6.07, 6.45) is 1.79. The van der Waals surface area contributed by atoms with E-state index in [0.29, 0.717) is 0 Å². The molecule has 0 aromatic carbocycles. The van der Waals surface area contributed by atoms with Gasteiger partial charge in [0.25, 0.3) is 0 Å². The molecule has 0 saturated carbocycles. The van der Waals surface area contributed by atoms with E-state index in [1.165, 1.54) is 0 Å². The summed E-state index contributed by atoms with van der Waals surface area (Å²) in [7, 11) is 0. The molecule has 0 radical (unpaired) electrons. The van der Waals surface area contributed by atoms with Crippen LogP contribution < -0.4 is 48.0 Å². The molecule has 0 rings (SSSR count). The van der Waals surface area contributed by atoms with Crippen LogP contribution in [0.5, 0.6) is 0 Å². The van der Waals surface area contributed by atoms with Crippen LogP contribution in [0.15, 0.2) is 0 Å². The molecule has 0 aromatic rings. The standard InChI is InChI=1S/C5H10O3S.2HI.Zn/c1-3-5(8,9-2)4(6)7;;;/h8H,3H2,1-2H3,(H,6,7);2*1H;/q;;;+2/p-2. The zero-order chi connectivity index (χ0) is 7.49. The van der Waals surface area contributed by atoms with Gasteiger partial charge < -0.3 is 58.2 Å². The predicted octanol–water partition coefficient (Wildman–Crippen LogP) is -5.46. The first-order chi connectivity index (χ1) is 4.06. The predicted molar refractivity (Wildman–Crippen MR) is 36.4 cm³/mol. The van der Waals surface area contributed by atoms with Crippen LogP contribution >= 0.6 is 11.8 Å². The van der Waals surface area contributed by atoms with Crippen molar-refractivity contribution in [3.63, 3.8) is 0 Å². The summed E-state index contributed by atoms with van der Waals surface area (Å²) >= 11 is 0.936. The molecule has 1 unspecified atom stereocenters. The third-order valence-electron chi connectivity index (χ3n) is 1.15. The molecule has 2 N–H and O–H groups in total. The van der Waals surface area contributed by atoms with Gasteiger partial charge in [-0.05, 0) is 12.7 Å². The zero-order valence-electron chi connectivity index (χ0n) is 6.88. The number of hydrogen-bond acceptors (Lipinski definition) is 3. The van der Waals surface area contributed by atoms with E-state index in [9.17, 15) is 4.79 Å². The molecule has 0 heterocycles. The number of carbonyl (C=O) groups is 1. The smallest absolute Gasteiger partial charge is 1.00 e. The van der Waals surface area contributed by atoms with Crippen LogP contribution in [0, 0.1) is 0 Å². The maximum absolute atomic E-state index is 10.2. The number of aliphatic hydroxyl groups is 1. The van der Waals surface area contributed by atoms with Gasteiger partial charge in [0.1, 0.15) is 0 Å². The Morgan fingerprint density at radius 3 is 1.83 bits per heavy atom. The minimum Gasteiger partial charge on any atom is -1.00 e. The van der Waals surface area contributed by atoms with Crippen molar-refractivity contribution in [2.45, 2.75) is 18.3 Å². The largest absolute Gasteiger partial charge is 2.00 e. The molecular formula is C5H10I2O3SZn. The third-order valence-corrected chi connectivity index (χ3v) is 2.29. The summed E-state index contributed by atoms with van der Waals surface area (Å²) < 4.78 is 0. The van der Waals surface area contributed by atoms with E-state index in [1.807, 2.05) is 0 Å². The van der Waals surface area contributed by atoms with Crippen LogP contribution in [0.3, 0.4) is 0 Å². The second-order valence-corrected chi connectivity index (χ2v) is 2.73. The van der Waals surface area contributed by atoms with Crippen molar-refractivity contribution in [1.82, 2.24) is 0 Å². The zero-order valence-corrected chi connectivity index (χ0v) is 15.0. The Hall–Kier alpha value is 1.86. The van der Waals surface area contributed by atoms with E-state index in [2.05, 4.69) is 0 Å². The molecule has 0 aliphatic rings. The number of carboxylic acid groups (broad SMARTS) is 1. The van der Waals surface area contributed by atoms with Gasteiger partial charge in [-0.1, -0.05) is 6.92 Å². The van der Waals surface area contributed by atoms with Crippen LogP contribution in [0.25, 0.3) is 0 Å². The van der Waals surface area contributed by atoms with Gasteiger partial charge >= 0.3 is 25.4 Å². The first-order valence-electron chi connectivity index (χ1n) is 2.57. The van der Waals surface area contributed by atoms with Crippen molar-refractivity contribution in [3.8, 4) is 0 Å². The van der Waals surface area contributed by atoms with E-state index in [4.69, 9.17) is 10.2 Å². The number of hydrogen-bond donors (Lipinski definition) is 2. The Bertz CT molecular complexity index is 121. The van der Waals surface area contributed by atoms with Gasteiger partial charge in [-0.2, -0.15) is 0 Å². The molecule has 0 aliphatic heterocycles. The van der Waals surface area contributed by atoms with E-state index >= 15 is 0 Å². The summed E-state index contributed by atoms with van der Waals surface area (Å²) in [6, 6.07) is 0. The number of carboxylic acids is 1. The van der Waals surface area contributed by atoms with Crippen LogP contribution in [0.4, 0.5) is 0 Å². The Balaban J connectivity index is -0.000000107. The van der Waals surface area contributed by atoms with Gasteiger partial charge in [0.15, 0.2) is 0 Å². The summed E-state index contributed by atoms with van der Waals surface area (Å²) in [4.78, 5) is 8.63. The van der Waals surface area contributed by atoms with Crippen molar-refractivity contribution in [2.24, 2.45) is 0 Å². The summed E-state index contributed by atoms with van der Waals surface area (Å²) in [6.45, 7) is 1.63. The van der Waals surface area contributed by atoms with Gasteiger partial charge in [0.2, 0.25) is 4.93 Å². The Morgan fingerprint density at radius 1 is 1.50 bits per heavy atom. The maximum atomic E-state index is 10.2.